The van der Waals surface area contributed by atoms with Gasteiger partial charge in [0.1, 0.15) is 30.1 Å². The van der Waals surface area contributed by atoms with Gasteiger partial charge in [0, 0.05) is 24.7 Å². The van der Waals surface area contributed by atoms with Gasteiger partial charge in [-0.25, -0.2) is 15.1 Å². The molecule has 14 heteroatoms. The number of nitrogens with zero attached hydrogens (tertiary/aromatic N) is 2. The van der Waals surface area contributed by atoms with Crippen LogP contribution in [0.15, 0.2) is 24.8 Å². The maximum absolute atomic E-state index is 13.0. The number of aromatic amines is 1. The smallest absolute Gasteiger partial charge is 0.394 e. The highest BCUT2D eigenvalue weighted by atomic mass is 16.6. The van der Waals surface area contributed by atoms with Crippen molar-refractivity contribution in [3.8, 4) is 0 Å². The molecule has 3 heterocycles. The first kappa shape index (κ1) is 23.6. The number of quaternary nitrogens is 1. The van der Waals surface area contributed by atoms with Gasteiger partial charge in [0.2, 0.25) is 6.23 Å². The van der Waals surface area contributed by atoms with Gasteiger partial charge in [0.05, 0.1) is 25.1 Å². The second kappa shape index (κ2) is 9.64. The van der Waals surface area contributed by atoms with Crippen LogP contribution in [0.25, 0.3) is 0 Å². The van der Waals surface area contributed by atoms with E-state index in [1.165, 1.54) is 12.5 Å². The summed E-state index contributed by atoms with van der Waals surface area (Å²) in [5, 5.41) is 22.2. The Balaban J connectivity index is 1.96. The lowest BCUT2D eigenvalue weighted by Crippen LogP contribution is -2.73. The van der Waals surface area contributed by atoms with E-state index in [2.05, 4.69) is 20.7 Å². The molecule has 2 aliphatic heterocycles. The molecule has 1 fully saturated rings. The van der Waals surface area contributed by atoms with E-state index in [-0.39, 0.29) is 19.4 Å². The lowest BCUT2D eigenvalue weighted by molar-refractivity contribution is -0.888. The highest BCUT2D eigenvalue weighted by Crippen LogP contribution is 2.35. The van der Waals surface area contributed by atoms with Crippen LogP contribution < -0.4 is 22.2 Å². The molecule has 0 radical (unpaired) electrons. The zero-order chi connectivity index (χ0) is 23.5. The Kier molecular flexibility index (Phi) is 7.12. The minimum atomic E-state index is -1.49. The number of rotatable bonds is 9. The number of amides is 4. The number of carbonyl (C=O) groups excluding carboxylic acids is 4. The van der Waals surface area contributed by atoms with Crippen LogP contribution in [0.5, 0.6) is 0 Å². The van der Waals surface area contributed by atoms with Gasteiger partial charge in [0.15, 0.2) is 0 Å². The minimum absolute atomic E-state index is 0.0273. The van der Waals surface area contributed by atoms with Crippen LogP contribution in [-0.2, 0) is 25.5 Å². The van der Waals surface area contributed by atoms with Crippen LogP contribution in [-0.4, -0.2) is 86.0 Å². The van der Waals surface area contributed by atoms with Crippen LogP contribution in [0.1, 0.15) is 12.1 Å². The quantitative estimate of drug-likeness (QED) is 0.183. The number of ether oxygens (including phenoxy) is 1. The van der Waals surface area contributed by atoms with E-state index < -0.39 is 65.2 Å². The third kappa shape index (κ3) is 4.45. The van der Waals surface area contributed by atoms with Crippen LogP contribution in [0, 0.1) is 5.92 Å². The highest BCUT2D eigenvalue weighted by Gasteiger charge is 2.62. The number of imide groups is 1. The number of aliphatic hydroxyl groups is 2. The van der Waals surface area contributed by atoms with Gasteiger partial charge in [-0.05, 0) is 6.54 Å². The largest absolute Gasteiger partial charge is 0.455 e. The van der Waals surface area contributed by atoms with Crippen molar-refractivity contribution in [2.75, 3.05) is 13.2 Å². The fourth-order valence-electron chi connectivity index (χ4n) is 3.74. The summed E-state index contributed by atoms with van der Waals surface area (Å²) in [6.07, 6.45) is 0.648. The molecule has 0 aliphatic carbocycles. The molecule has 0 bridgehead atoms. The molecule has 1 unspecified atom stereocenters. The van der Waals surface area contributed by atoms with Gasteiger partial charge in [0.25, 0.3) is 11.8 Å². The number of hydrogen-bond donors (Lipinski definition) is 7. The van der Waals surface area contributed by atoms with Gasteiger partial charge in [-0.1, -0.05) is 4.59 Å². The van der Waals surface area contributed by atoms with Crippen molar-refractivity contribution >= 4 is 23.6 Å². The molecule has 32 heavy (non-hydrogen) atoms. The van der Waals surface area contributed by atoms with Crippen molar-refractivity contribution in [1.82, 2.24) is 20.7 Å². The average molecular weight is 452 g/mol. The summed E-state index contributed by atoms with van der Waals surface area (Å²) in [4.78, 5) is 57.0. The molecule has 1 aromatic heterocycles. The number of aliphatic hydroxyl groups excluding tert-OH is 2. The predicted molar refractivity (Wildman–Crippen MR) is 105 cm³/mol. The van der Waals surface area contributed by atoms with Gasteiger partial charge in [-0.3, -0.25) is 14.4 Å². The summed E-state index contributed by atoms with van der Waals surface area (Å²) in [5.74, 6) is -3.41. The van der Waals surface area contributed by atoms with E-state index in [0.29, 0.717) is 5.69 Å². The molecular formula is C18H26N7O7+. The summed E-state index contributed by atoms with van der Waals surface area (Å²) in [6, 6.07) is -2.16. The number of nitrogens with one attached hydrogen (secondary N) is 3. The maximum Gasteiger partial charge on any atom is 0.455 e. The normalized spacial score (nSPS) is 30.8. The summed E-state index contributed by atoms with van der Waals surface area (Å²) in [5.41, 5.74) is 14.4. The lowest BCUT2D eigenvalue weighted by Gasteiger charge is -2.38. The second-order valence-electron chi connectivity index (χ2n) is 7.52. The number of aromatic nitrogens is 2. The summed E-state index contributed by atoms with van der Waals surface area (Å²) < 4.78 is 4.48. The first-order valence-corrected chi connectivity index (χ1v) is 9.88. The third-order valence-electron chi connectivity index (χ3n) is 5.37. The molecule has 9 N–H and O–H groups in total. The Morgan fingerprint density at radius 1 is 1.38 bits per heavy atom. The zero-order valence-corrected chi connectivity index (χ0v) is 17.0. The highest BCUT2D eigenvalue weighted by molar-refractivity contribution is 6.00. The van der Waals surface area contributed by atoms with E-state index in [1.807, 2.05) is 0 Å². The number of urea groups is 1. The van der Waals surface area contributed by atoms with Crippen molar-refractivity contribution in [2.45, 2.75) is 37.3 Å². The molecule has 1 saturated heterocycles. The molecule has 0 spiro atoms. The SMILES string of the molecule is NCCC(=O)[C@@H]1[C@H](O)[C@@H](CO)O[C@H]1[N+]1(NC(=O)[C@@H](N)Cc2cnc[nH]2)C=CC(=O)NC1=O. The Hall–Kier alpha value is -3.01. The van der Waals surface area contributed by atoms with E-state index in [4.69, 9.17) is 16.2 Å². The molecule has 0 saturated carbocycles. The van der Waals surface area contributed by atoms with Gasteiger partial charge >= 0.3 is 6.03 Å². The molecule has 3 rings (SSSR count). The standard InChI is InChI=1S/C18H25N7O7/c19-3-1-11(27)14-15(29)12(7-26)32-17(14)25(4-2-13(28)23-18(25)31)24-16(30)10(20)5-9-6-21-8-22-9/h2,4,6,8,10,12,14-15,17,26,29H,1,3,5,7,19-20H2,(H2-,21,22,23,24,28,30,31)/p+1/t10-,12+,14+,15+,17+,25?/m0/s1. The van der Waals surface area contributed by atoms with Crippen LogP contribution in [0.4, 0.5) is 4.79 Å². The van der Waals surface area contributed by atoms with Crippen LogP contribution in [0.2, 0.25) is 0 Å². The van der Waals surface area contributed by atoms with Crippen LogP contribution in [0.3, 0.4) is 0 Å². The fourth-order valence-corrected chi connectivity index (χ4v) is 3.74. The summed E-state index contributed by atoms with van der Waals surface area (Å²) in [6.45, 7) is -0.678. The molecule has 1 aromatic rings. The summed E-state index contributed by atoms with van der Waals surface area (Å²) >= 11 is 0. The topological polar surface area (TPSA) is 223 Å². The monoisotopic (exact) mass is 452 g/mol. The first-order valence-electron chi connectivity index (χ1n) is 9.88. The molecule has 14 nitrogen and oxygen atoms in total. The van der Waals surface area contributed by atoms with E-state index in [0.717, 1.165) is 12.3 Å². The second-order valence-corrected chi connectivity index (χ2v) is 7.52. The Morgan fingerprint density at radius 2 is 2.12 bits per heavy atom. The number of Topliss-reactive ketones (excluding diaryl/α,β-unsaturated/α-hetero) is 1. The predicted octanol–water partition coefficient (Wildman–Crippen LogP) is -3.50. The Bertz CT molecular complexity index is 905. The molecule has 6 atom stereocenters. The van der Waals surface area contributed by atoms with Crippen molar-refractivity contribution in [3.05, 3.63) is 30.5 Å². The number of H-pyrrole nitrogens is 1. The summed E-state index contributed by atoms with van der Waals surface area (Å²) in [7, 11) is 0. The first-order chi connectivity index (χ1) is 15.2. The molecular weight excluding hydrogens is 426 g/mol. The van der Waals surface area contributed by atoms with E-state index in [1.54, 1.807) is 0 Å². The maximum atomic E-state index is 13.0. The van der Waals surface area contributed by atoms with Gasteiger partial charge < -0.3 is 31.4 Å². The average Bonchev–Trinajstić information content (AvgIpc) is 3.37. The van der Waals surface area contributed by atoms with Gasteiger partial charge in [-0.2, -0.15) is 5.43 Å². The van der Waals surface area contributed by atoms with Crippen molar-refractivity contribution in [2.24, 2.45) is 17.4 Å². The van der Waals surface area contributed by atoms with Gasteiger partial charge in [-0.15, -0.1) is 0 Å². The van der Waals surface area contributed by atoms with Crippen molar-refractivity contribution in [3.63, 3.8) is 0 Å². The molecule has 2 aliphatic rings. The molecule has 174 valence electrons. The third-order valence-corrected chi connectivity index (χ3v) is 5.37. The fraction of sp³-hybridized carbons (Fsp3) is 0.500. The number of imidazole rings is 1. The Labute approximate surface area is 182 Å². The zero-order valence-electron chi connectivity index (χ0n) is 17.0. The van der Waals surface area contributed by atoms with Crippen molar-refractivity contribution in [1.29, 1.82) is 0 Å². The number of nitrogens with two attached hydrogens (primary N) is 2. The number of hydrogen-bond acceptors (Lipinski definition) is 10. The minimum Gasteiger partial charge on any atom is -0.394 e. The molecule has 0 aromatic carbocycles. The number of ketones is 1. The van der Waals surface area contributed by atoms with Crippen LogP contribution >= 0.6 is 0 Å². The van der Waals surface area contributed by atoms with Crippen molar-refractivity contribution < 1.29 is 38.7 Å². The van der Waals surface area contributed by atoms with E-state index >= 15 is 0 Å². The van der Waals surface area contributed by atoms with E-state index in [9.17, 15) is 29.4 Å². The lowest BCUT2D eigenvalue weighted by atomic mass is 9.92. The molecule has 4 amide bonds. The number of carbonyl (C=O) groups is 4. The Morgan fingerprint density at radius 3 is 2.72 bits per heavy atom.